The summed E-state index contributed by atoms with van der Waals surface area (Å²) in [6.07, 6.45) is 2.70. The first-order valence-electron chi connectivity index (χ1n) is 7.43. The summed E-state index contributed by atoms with van der Waals surface area (Å²) in [6, 6.07) is 7.84. The number of aliphatic carboxylic acids is 1. The first-order chi connectivity index (χ1) is 11.5. The first kappa shape index (κ1) is 19.1. The molecule has 0 spiro atoms. The molecule has 4 nitrogen and oxygen atoms in total. The quantitative estimate of drug-likeness (QED) is 0.636. The van der Waals surface area contributed by atoms with E-state index in [1.807, 2.05) is 35.9 Å². The van der Waals surface area contributed by atoms with E-state index in [1.165, 1.54) is 11.3 Å². The molecule has 128 valence electrons. The van der Waals surface area contributed by atoms with Crippen LogP contribution in [0.15, 0.2) is 34.1 Å². The maximum absolute atomic E-state index is 12.2. The number of halogens is 1. The zero-order chi connectivity index (χ0) is 17.5. The molecule has 2 rings (SSSR count). The van der Waals surface area contributed by atoms with Gasteiger partial charge in [-0.25, -0.2) is 4.98 Å². The van der Waals surface area contributed by atoms with Gasteiger partial charge in [-0.3, -0.25) is 9.59 Å². The number of aromatic nitrogens is 1. The topological polar surface area (TPSA) is 67.3 Å². The number of carbonyl (C=O) groups excluding carboxylic acids is 1. The molecule has 7 heteroatoms. The van der Waals surface area contributed by atoms with Crippen LogP contribution in [-0.2, 0) is 16.0 Å². The van der Waals surface area contributed by atoms with Gasteiger partial charge in [0.05, 0.1) is 11.6 Å². The van der Waals surface area contributed by atoms with Crippen LogP contribution in [0.5, 0.6) is 0 Å². The molecule has 1 heterocycles. The fourth-order valence-electron chi connectivity index (χ4n) is 2.26. The van der Waals surface area contributed by atoms with Crippen LogP contribution in [0.1, 0.15) is 18.5 Å². The smallest absolute Gasteiger partial charge is 0.306 e. The van der Waals surface area contributed by atoms with Crippen molar-refractivity contribution >= 4 is 50.8 Å². The Hall–Kier alpha value is -1.18. The molecule has 0 aliphatic carbocycles. The molecule has 0 radical (unpaired) electrons. The number of benzene rings is 1. The van der Waals surface area contributed by atoms with Gasteiger partial charge in [-0.2, -0.15) is 11.8 Å². The number of rotatable bonds is 9. The van der Waals surface area contributed by atoms with E-state index in [2.05, 4.69) is 20.9 Å². The molecule has 0 amide bonds. The number of hydrogen-bond donors (Lipinski definition) is 1. The van der Waals surface area contributed by atoms with Crippen molar-refractivity contribution in [3.63, 3.8) is 0 Å². The Labute approximate surface area is 157 Å². The third kappa shape index (κ3) is 5.72. The van der Waals surface area contributed by atoms with E-state index in [-0.39, 0.29) is 18.6 Å². The minimum absolute atomic E-state index is 0.0691. The minimum Gasteiger partial charge on any atom is -0.481 e. The molecule has 1 N–H and O–H groups in total. The lowest BCUT2D eigenvalue weighted by Gasteiger charge is -2.10. The number of carboxylic acids is 1. The largest absolute Gasteiger partial charge is 0.481 e. The van der Waals surface area contributed by atoms with Crippen molar-refractivity contribution in [3.8, 4) is 10.6 Å². The second-order valence-corrected chi connectivity index (χ2v) is 8.15. The van der Waals surface area contributed by atoms with Crippen LogP contribution in [0, 0.1) is 5.92 Å². The van der Waals surface area contributed by atoms with Crippen LogP contribution in [0.4, 0.5) is 0 Å². The first-order valence-corrected chi connectivity index (χ1v) is 10.5. The van der Waals surface area contributed by atoms with Crippen molar-refractivity contribution in [3.05, 3.63) is 39.8 Å². The predicted octanol–water partition coefficient (Wildman–Crippen LogP) is 4.53. The third-order valence-electron chi connectivity index (χ3n) is 3.50. The lowest BCUT2D eigenvalue weighted by Crippen LogP contribution is -2.19. The highest BCUT2D eigenvalue weighted by Gasteiger charge is 2.21. The van der Waals surface area contributed by atoms with Gasteiger partial charge in [-0.15, -0.1) is 11.3 Å². The molecule has 24 heavy (non-hydrogen) atoms. The highest BCUT2D eigenvalue weighted by atomic mass is 79.9. The van der Waals surface area contributed by atoms with E-state index in [0.29, 0.717) is 12.1 Å². The SMILES string of the molecule is CSCC[C@H](CC(=O)Cc1csc(-c2cccc(Br)c2)n1)C(=O)O. The van der Waals surface area contributed by atoms with Crippen LogP contribution in [0.3, 0.4) is 0 Å². The van der Waals surface area contributed by atoms with Gasteiger partial charge >= 0.3 is 5.97 Å². The van der Waals surface area contributed by atoms with Crippen molar-refractivity contribution < 1.29 is 14.7 Å². The summed E-state index contributed by atoms with van der Waals surface area (Å²) in [6.45, 7) is 0. The highest BCUT2D eigenvalue weighted by Crippen LogP contribution is 2.26. The Morgan fingerprint density at radius 2 is 2.21 bits per heavy atom. The van der Waals surface area contributed by atoms with E-state index in [0.717, 1.165) is 20.8 Å². The van der Waals surface area contributed by atoms with E-state index in [1.54, 1.807) is 11.8 Å². The summed E-state index contributed by atoms with van der Waals surface area (Å²) >= 11 is 6.51. The van der Waals surface area contributed by atoms with Gasteiger partial charge < -0.3 is 5.11 Å². The Morgan fingerprint density at radius 3 is 2.88 bits per heavy atom. The van der Waals surface area contributed by atoms with Crippen molar-refractivity contribution in [2.24, 2.45) is 5.92 Å². The van der Waals surface area contributed by atoms with Gasteiger partial charge in [0.15, 0.2) is 0 Å². The Bertz CT molecular complexity index is 717. The summed E-state index contributed by atoms with van der Waals surface area (Å²) in [4.78, 5) is 27.9. The van der Waals surface area contributed by atoms with Gasteiger partial charge in [-0.05, 0) is 30.6 Å². The number of nitrogens with zero attached hydrogens (tertiary/aromatic N) is 1. The van der Waals surface area contributed by atoms with Crippen molar-refractivity contribution in [2.75, 3.05) is 12.0 Å². The number of ketones is 1. The second kappa shape index (κ2) is 9.34. The second-order valence-electron chi connectivity index (χ2n) is 5.39. The van der Waals surface area contributed by atoms with Gasteiger partial charge in [0.2, 0.25) is 0 Å². The number of thiazole rings is 1. The van der Waals surface area contributed by atoms with Gasteiger partial charge in [0.1, 0.15) is 10.8 Å². The Morgan fingerprint density at radius 1 is 1.42 bits per heavy atom. The summed E-state index contributed by atoms with van der Waals surface area (Å²) in [5, 5.41) is 11.9. The van der Waals surface area contributed by atoms with Crippen LogP contribution >= 0.6 is 39.0 Å². The number of hydrogen-bond acceptors (Lipinski definition) is 5. The fraction of sp³-hybridized carbons (Fsp3) is 0.353. The zero-order valence-corrected chi connectivity index (χ0v) is 16.4. The van der Waals surface area contributed by atoms with Crippen LogP contribution in [0.2, 0.25) is 0 Å². The molecular formula is C17H18BrNO3S2. The summed E-state index contributed by atoms with van der Waals surface area (Å²) in [5.74, 6) is -0.832. The number of carboxylic acid groups (broad SMARTS) is 1. The van der Waals surface area contributed by atoms with E-state index in [9.17, 15) is 14.7 Å². The Kier molecular flexibility index (Phi) is 7.45. The van der Waals surface area contributed by atoms with Crippen molar-refractivity contribution in [1.82, 2.24) is 4.98 Å². The summed E-state index contributed by atoms with van der Waals surface area (Å²) < 4.78 is 0.978. The van der Waals surface area contributed by atoms with Gasteiger partial charge in [0.25, 0.3) is 0 Å². The predicted molar refractivity (Wildman–Crippen MR) is 103 cm³/mol. The maximum atomic E-state index is 12.2. The van der Waals surface area contributed by atoms with Gasteiger partial charge in [0, 0.05) is 28.3 Å². The Balaban J connectivity index is 1.98. The molecular weight excluding hydrogens is 410 g/mol. The monoisotopic (exact) mass is 427 g/mol. The zero-order valence-electron chi connectivity index (χ0n) is 13.2. The molecule has 0 fully saturated rings. The average molecular weight is 428 g/mol. The third-order valence-corrected chi connectivity index (χ3v) is 5.57. The molecule has 0 saturated heterocycles. The standard InChI is InChI=1S/C17H18BrNO3S2/c1-23-6-5-12(17(21)22)8-15(20)9-14-10-24-16(19-14)11-3-2-4-13(18)7-11/h2-4,7,10,12H,5-6,8-9H2,1H3,(H,21,22)/t12-/m1/s1. The van der Waals surface area contributed by atoms with E-state index >= 15 is 0 Å². The number of thioether (sulfide) groups is 1. The van der Waals surface area contributed by atoms with Gasteiger partial charge in [-0.1, -0.05) is 28.1 Å². The molecule has 2 aromatic rings. The fourth-order valence-corrected chi connectivity index (χ4v) is 4.00. The number of Topliss-reactive ketones (excluding diaryl/α,β-unsaturated/α-hetero) is 1. The highest BCUT2D eigenvalue weighted by molar-refractivity contribution is 9.10. The average Bonchev–Trinajstić information content (AvgIpc) is 2.99. The molecule has 1 aromatic heterocycles. The molecule has 0 aliphatic rings. The lowest BCUT2D eigenvalue weighted by atomic mass is 9.98. The normalized spacial score (nSPS) is 12.1. The summed E-state index contributed by atoms with van der Waals surface area (Å²) in [5.41, 5.74) is 1.70. The maximum Gasteiger partial charge on any atom is 0.306 e. The molecule has 0 saturated carbocycles. The van der Waals surface area contributed by atoms with E-state index < -0.39 is 11.9 Å². The summed E-state index contributed by atoms with van der Waals surface area (Å²) in [7, 11) is 0. The molecule has 0 aliphatic heterocycles. The number of carbonyl (C=O) groups is 2. The van der Waals surface area contributed by atoms with Crippen LogP contribution < -0.4 is 0 Å². The van der Waals surface area contributed by atoms with Crippen molar-refractivity contribution in [2.45, 2.75) is 19.3 Å². The lowest BCUT2D eigenvalue weighted by molar-refractivity contribution is -0.143. The van der Waals surface area contributed by atoms with Crippen molar-refractivity contribution in [1.29, 1.82) is 0 Å². The molecule has 1 aromatic carbocycles. The molecule has 0 bridgehead atoms. The van der Waals surface area contributed by atoms with E-state index in [4.69, 9.17) is 0 Å². The van der Waals surface area contributed by atoms with Crippen LogP contribution in [-0.4, -0.2) is 33.9 Å². The molecule has 0 unspecified atom stereocenters. The molecule has 1 atom stereocenters. The minimum atomic E-state index is -0.898. The van der Waals surface area contributed by atoms with Crippen LogP contribution in [0.25, 0.3) is 10.6 Å².